The molecule has 2 N–H and O–H groups in total. The third-order valence-corrected chi connectivity index (χ3v) is 5.17. The van der Waals surface area contributed by atoms with E-state index in [-0.39, 0.29) is 11.5 Å². The van der Waals surface area contributed by atoms with Crippen molar-refractivity contribution in [3.8, 4) is 0 Å². The molecule has 1 saturated carbocycles. The Morgan fingerprint density at radius 2 is 1.81 bits per heavy atom. The Labute approximate surface area is 127 Å². The molecular weight excluding hydrogens is 266 g/mol. The SMILES string of the molecule is COC(c1noc(C(C)(C)C(C)(C)N)n1)C1CCCCC1. The molecule has 5 nitrogen and oxygen atoms in total. The number of methoxy groups -OCH3 is 1. The van der Waals surface area contributed by atoms with Gasteiger partial charge in [0.2, 0.25) is 11.7 Å². The first kappa shape index (κ1) is 16.4. The van der Waals surface area contributed by atoms with Gasteiger partial charge in [-0.3, -0.25) is 0 Å². The van der Waals surface area contributed by atoms with E-state index >= 15 is 0 Å². The lowest BCUT2D eigenvalue weighted by Crippen LogP contribution is -2.50. The maximum absolute atomic E-state index is 6.25. The Kier molecular flexibility index (Phi) is 4.73. The van der Waals surface area contributed by atoms with Gasteiger partial charge in [0.05, 0.1) is 5.41 Å². The predicted molar refractivity (Wildman–Crippen MR) is 81.9 cm³/mol. The quantitative estimate of drug-likeness (QED) is 0.901. The molecule has 1 aromatic heterocycles. The molecule has 1 fully saturated rings. The van der Waals surface area contributed by atoms with Crippen LogP contribution in [0.15, 0.2) is 4.52 Å². The monoisotopic (exact) mass is 295 g/mol. The first-order chi connectivity index (χ1) is 9.77. The minimum atomic E-state index is -0.440. The van der Waals surface area contributed by atoms with E-state index in [9.17, 15) is 0 Å². The van der Waals surface area contributed by atoms with Crippen LogP contribution in [0.3, 0.4) is 0 Å². The van der Waals surface area contributed by atoms with Crippen LogP contribution in [0, 0.1) is 5.92 Å². The fourth-order valence-corrected chi connectivity index (χ4v) is 2.83. The van der Waals surface area contributed by atoms with Crippen LogP contribution in [0.2, 0.25) is 0 Å². The first-order valence-electron chi connectivity index (χ1n) is 7.93. The highest BCUT2D eigenvalue weighted by Crippen LogP contribution is 2.37. The summed E-state index contributed by atoms with van der Waals surface area (Å²) < 4.78 is 11.2. The second kappa shape index (κ2) is 6.05. The Bertz CT molecular complexity index is 456. The zero-order chi connectivity index (χ0) is 15.7. The predicted octanol–water partition coefficient (Wildman–Crippen LogP) is 3.35. The third kappa shape index (κ3) is 3.29. The highest BCUT2D eigenvalue weighted by molar-refractivity contribution is 5.11. The summed E-state index contributed by atoms with van der Waals surface area (Å²) in [6.45, 7) is 8.02. The van der Waals surface area contributed by atoms with Crippen LogP contribution < -0.4 is 5.73 Å². The molecule has 1 aliphatic carbocycles. The number of nitrogens with two attached hydrogens (primary N) is 1. The molecule has 0 saturated heterocycles. The van der Waals surface area contributed by atoms with E-state index in [2.05, 4.69) is 10.1 Å². The lowest BCUT2D eigenvalue weighted by Gasteiger charge is -2.34. The van der Waals surface area contributed by atoms with E-state index in [0.717, 1.165) is 0 Å². The second-order valence-corrected chi connectivity index (χ2v) is 7.36. The fraction of sp³-hybridized carbons (Fsp3) is 0.875. The van der Waals surface area contributed by atoms with Gasteiger partial charge in [0.25, 0.3) is 0 Å². The highest BCUT2D eigenvalue weighted by Gasteiger charge is 2.41. The van der Waals surface area contributed by atoms with Gasteiger partial charge in [-0.15, -0.1) is 0 Å². The minimum absolute atomic E-state index is 0.0699. The Balaban J connectivity index is 2.21. The lowest BCUT2D eigenvalue weighted by molar-refractivity contribution is 0.0273. The highest BCUT2D eigenvalue weighted by atomic mass is 16.5. The molecule has 1 unspecified atom stereocenters. The van der Waals surface area contributed by atoms with Gasteiger partial charge in [0.1, 0.15) is 6.10 Å². The standard InChI is InChI=1S/C16H29N3O2/c1-15(2,16(3,4)17)14-18-13(19-21-14)12(20-5)11-9-7-6-8-10-11/h11-12H,6-10,17H2,1-5H3. The van der Waals surface area contributed by atoms with Gasteiger partial charge in [0, 0.05) is 12.6 Å². The summed E-state index contributed by atoms with van der Waals surface area (Å²) in [6, 6.07) is 0. The van der Waals surface area contributed by atoms with Gasteiger partial charge >= 0.3 is 0 Å². The normalized spacial score (nSPS) is 19.7. The van der Waals surface area contributed by atoms with Crippen molar-refractivity contribution in [3.05, 3.63) is 11.7 Å². The average Bonchev–Trinajstić information content (AvgIpc) is 2.90. The number of aromatic nitrogens is 2. The van der Waals surface area contributed by atoms with Crippen molar-refractivity contribution >= 4 is 0 Å². The molecule has 1 aromatic rings. The largest absolute Gasteiger partial charge is 0.373 e. The van der Waals surface area contributed by atoms with Crippen LogP contribution in [0.1, 0.15) is 77.6 Å². The van der Waals surface area contributed by atoms with Crippen molar-refractivity contribution in [2.45, 2.75) is 76.9 Å². The van der Waals surface area contributed by atoms with Crippen LogP contribution in [-0.2, 0) is 10.2 Å². The van der Waals surface area contributed by atoms with Crippen LogP contribution in [0.5, 0.6) is 0 Å². The molecule has 120 valence electrons. The molecule has 1 heterocycles. The van der Waals surface area contributed by atoms with E-state index in [0.29, 0.717) is 17.6 Å². The summed E-state index contributed by atoms with van der Waals surface area (Å²) in [4.78, 5) is 4.61. The summed E-state index contributed by atoms with van der Waals surface area (Å²) >= 11 is 0. The minimum Gasteiger partial charge on any atom is -0.373 e. The number of nitrogens with zero attached hydrogens (tertiary/aromatic N) is 2. The smallest absolute Gasteiger partial charge is 0.234 e. The van der Waals surface area contributed by atoms with Gasteiger partial charge in [0.15, 0.2) is 0 Å². The molecule has 0 aliphatic heterocycles. The van der Waals surface area contributed by atoms with Crippen LogP contribution in [0.25, 0.3) is 0 Å². The molecule has 21 heavy (non-hydrogen) atoms. The molecule has 2 rings (SSSR count). The van der Waals surface area contributed by atoms with Gasteiger partial charge in [-0.25, -0.2) is 0 Å². The van der Waals surface area contributed by atoms with Gasteiger partial charge in [-0.05, 0) is 46.5 Å². The number of hydrogen-bond donors (Lipinski definition) is 1. The van der Waals surface area contributed by atoms with Crippen molar-refractivity contribution in [3.63, 3.8) is 0 Å². The van der Waals surface area contributed by atoms with Crippen LogP contribution in [-0.4, -0.2) is 22.8 Å². The summed E-state index contributed by atoms with van der Waals surface area (Å²) in [5.41, 5.74) is 5.42. The molecule has 0 spiro atoms. The number of ether oxygens (including phenoxy) is 1. The lowest BCUT2D eigenvalue weighted by atomic mass is 9.75. The van der Waals surface area contributed by atoms with Crippen LogP contribution in [0.4, 0.5) is 0 Å². The molecule has 0 aromatic carbocycles. The summed E-state index contributed by atoms with van der Waals surface area (Å²) in [5.74, 6) is 1.74. The zero-order valence-corrected chi connectivity index (χ0v) is 14.0. The summed E-state index contributed by atoms with van der Waals surface area (Å²) in [7, 11) is 1.73. The third-order valence-electron chi connectivity index (χ3n) is 5.17. The fourth-order valence-electron chi connectivity index (χ4n) is 2.83. The van der Waals surface area contributed by atoms with Crippen molar-refractivity contribution < 1.29 is 9.26 Å². The molecule has 1 atom stereocenters. The zero-order valence-electron chi connectivity index (χ0n) is 14.0. The van der Waals surface area contributed by atoms with Gasteiger partial charge in [-0.1, -0.05) is 24.4 Å². The van der Waals surface area contributed by atoms with Gasteiger partial charge in [-0.2, -0.15) is 4.98 Å². The molecule has 1 aliphatic rings. The average molecular weight is 295 g/mol. The molecule has 0 radical (unpaired) electrons. The van der Waals surface area contributed by atoms with Crippen LogP contribution >= 0.6 is 0 Å². The molecule has 0 bridgehead atoms. The van der Waals surface area contributed by atoms with Crippen molar-refractivity contribution in [2.24, 2.45) is 11.7 Å². The van der Waals surface area contributed by atoms with E-state index in [1.165, 1.54) is 32.1 Å². The maximum atomic E-state index is 6.25. The second-order valence-electron chi connectivity index (χ2n) is 7.36. The maximum Gasteiger partial charge on any atom is 0.234 e. The van der Waals surface area contributed by atoms with Gasteiger partial charge < -0.3 is 15.0 Å². The van der Waals surface area contributed by atoms with E-state index in [1.807, 2.05) is 27.7 Å². The molecular formula is C16H29N3O2. The topological polar surface area (TPSA) is 74.2 Å². The number of rotatable bonds is 5. The molecule has 0 amide bonds. The number of hydrogen-bond acceptors (Lipinski definition) is 5. The van der Waals surface area contributed by atoms with Crippen molar-refractivity contribution in [2.75, 3.05) is 7.11 Å². The summed E-state index contributed by atoms with van der Waals surface area (Å²) in [5, 5.41) is 4.18. The first-order valence-corrected chi connectivity index (χ1v) is 7.93. The Morgan fingerprint density at radius 1 is 1.19 bits per heavy atom. The van der Waals surface area contributed by atoms with E-state index < -0.39 is 5.54 Å². The van der Waals surface area contributed by atoms with Crippen molar-refractivity contribution in [1.82, 2.24) is 10.1 Å². The Morgan fingerprint density at radius 3 is 2.33 bits per heavy atom. The van der Waals surface area contributed by atoms with E-state index in [4.69, 9.17) is 15.0 Å². The summed E-state index contributed by atoms with van der Waals surface area (Å²) in [6.07, 6.45) is 6.12. The molecule has 5 heteroatoms. The van der Waals surface area contributed by atoms with E-state index in [1.54, 1.807) is 7.11 Å². The Hall–Kier alpha value is -0.940. The van der Waals surface area contributed by atoms with Crippen molar-refractivity contribution in [1.29, 1.82) is 0 Å².